The Kier molecular flexibility index (Phi) is 3.73. The Morgan fingerprint density at radius 2 is 1.68 bits per heavy atom. The van der Waals surface area contributed by atoms with Gasteiger partial charge in [-0.15, -0.1) is 0 Å². The monoisotopic (exact) mass is 294 g/mol. The van der Waals surface area contributed by atoms with Gasteiger partial charge >= 0.3 is 0 Å². The number of sulfone groups is 1. The lowest BCUT2D eigenvalue weighted by Gasteiger charge is -2.06. The van der Waals surface area contributed by atoms with E-state index in [1.807, 2.05) is 6.92 Å². The lowest BCUT2D eigenvalue weighted by Crippen LogP contribution is -2.15. The number of aryl methyl sites for hydroxylation is 1. The molecular weight excluding hydrogens is 284 g/mol. The Morgan fingerprint density at radius 3 is 2.26 bits per heavy atom. The van der Waals surface area contributed by atoms with Crippen LogP contribution in [0.3, 0.4) is 0 Å². The molecule has 5 heteroatoms. The Labute approximate surface area is 116 Å². The minimum absolute atomic E-state index is 0.00359. The van der Waals surface area contributed by atoms with Crippen LogP contribution >= 0.6 is 11.6 Å². The third kappa shape index (κ3) is 2.69. The van der Waals surface area contributed by atoms with Crippen LogP contribution in [-0.4, -0.2) is 13.5 Å². The second-order valence-electron chi connectivity index (χ2n) is 4.09. The van der Waals surface area contributed by atoms with E-state index in [1.165, 1.54) is 18.2 Å². The Morgan fingerprint density at radius 1 is 1.05 bits per heavy atom. The highest BCUT2D eigenvalue weighted by molar-refractivity contribution is 8.06. The van der Waals surface area contributed by atoms with Crippen LogP contribution in [0.1, 0.15) is 15.9 Å². The van der Waals surface area contributed by atoms with Crippen molar-refractivity contribution in [1.29, 1.82) is 0 Å². The van der Waals surface area contributed by atoms with Gasteiger partial charge in [0.25, 0.3) is 5.12 Å². The van der Waals surface area contributed by atoms with Crippen molar-refractivity contribution >= 4 is 26.6 Å². The number of carbonyl (C=O) groups is 1. The van der Waals surface area contributed by atoms with Gasteiger partial charge in [-0.1, -0.05) is 35.9 Å². The fourth-order valence-corrected chi connectivity index (χ4v) is 3.21. The highest BCUT2D eigenvalue weighted by Crippen LogP contribution is 2.23. The van der Waals surface area contributed by atoms with Crippen LogP contribution in [0.5, 0.6) is 0 Å². The summed E-state index contributed by atoms with van der Waals surface area (Å²) in [6, 6.07) is 12.2. The van der Waals surface area contributed by atoms with Gasteiger partial charge in [0.1, 0.15) is 0 Å². The van der Waals surface area contributed by atoms with Gasteiger partial charge in [-0.3, -0.25) is 4.79 Å². The summed E-state index contributed by atoms with van der Waals surface area (Å²) in [5.74, 6) is 0. The van der Waals surface area contributed by atoms with E-state index in [-0.39, 0.29) is 15.5 Å². The number of carbonyl (C=O) groups excluding carboxylic acids is 1. The van der Waals surface area contributed by atoms with E-state index in [4.69, 9.17) is 11.6 Å². The summed E-state index contributed by atoms with van der Waals surface area (Å²) in [4.78, 5) is 12.1. The summed E-state index contributed by atoms with van der Waals surface area (Å²) in [7, 11) is -4.05. The first-order valence-corrected chi connectivity index (χ1v) is 7.39. The van der Waals surface area contributed by atoms with Crippen molar-refractivity contribution in [2.45, 2.75) is 11.8 Å². The molecule has 0 bridgehead atoms. The van der Waals surface area contributed by atoms with Crippen LogP contribution in [0.15, 0.2) is 53.4 Å². The zero-order valence-electron chi connectivity index (χ0n) is 10.1. The van der Waals surface area contributed by atoms with Crippen LogP contribution in [0.2, 0.25) is 5.02 Å². The van der Waals surface area contributed by atoms with E-state index in [1.54, 1.807) is 30.3 Å². The van der Waals surface area contributed by atoms with Crippen molar-refractivity contribution in [2.75, 3.05) is 0 Å². The summed E-state index contributed by atoms with van der Waals surface area (Å²) >= 11 is 5.93. The fourth-order valence-electron chi connectivity index (χ4n) is 1.64. The zero-order chi connectivity index (χ0) is 14.0. The molecule has 0 saturated heterocycles. The molecule has 0 radical (unpaired) electrons. The van der Waals surface area contributed by atoms with Gasteiger partial charge in [0.05, 0.1) is 15.5 Å². The SMILES string of the molecule is Cc1ccc(C(=O)S(=O)(=O)c2ccccc2)c(Cl)c1. The van der Waals surface area contributed by atoms with E-state index >= 15 is 0 Å². The molecular formula is C14H11ClO3S. The number of hydrogen-bond acceptors (Lipinski definition) is 3. The van der Waals surface area contributed by atoms with Gasteiger partial charge in [0, 0.05) is 0 Å². The first kappa shape index (κ1) is 13.8. The van der Waals surface area contributed by atoms with E-state index in [9.17, 15) is 13.2 Å². The lowest BCUT2D eigenvalue weighted by atomic mass is 10.2. The van der Waals surface area contributed by atoms with Crippen LogP contribution in [0, 0.1) is 6.92 Å². The summed E-state index contributed by atoms with van der Waals surface area (Å²) in [6.45, 7) is 1.81. The predicted octanol–water partition coefficient (Wildman–Crippen LogP) is 3.26. The molecule has 2 aromatic carbocycles. The minimum atomic E-state index is -4.05. The Hall–Kier alpha value is -1.65. The van der Waals surface area contributed by atoms with E-state index in [0.717, 1.165) is 5.56 Å². The van der Waals surface area contributed by atoms with Crippen molar-refractivity contribution in [1.82, 2.24) is 0 Å². The van der Waals surface area contributed by atoms with Gasteiger partial charge in [0.2, 0.25) is 9.84 Å². The molecule has 0 aliphatic rings. The summed E-state index contributed by atoms with van der Waals surface area (Å²) in [6.07, 6.45) is 0. The number of rotatable bonds is 2. The lowest BCUT2D eigenvalue weighted by molar-refractivity contribution is 0.107. The number of benzene rings is 2. The van der Waals surface area contributed by atoms with Crippen LogP contribution < -0.4 is 0 Å². The standard InChI is InChI=1S/C14H11ClO3S/c1-10-7-8-12(13(15)9-10)14(16)19(17,18)11-5-3-2-4-6-11/h2-9H,1H3. The van der Waals surface area contributed by atoms with Crippen LogP contribution in [0.4, 0.5) is 0 Å². The van der Waals surface area contributed by atoms with Crippen LogP contribution in [-0.2, 0) is 9.84 Å². The Balaban J connectivity index is 2.50. The first-order valence-electron chi connectivity index (χ1n) is 5.53. The zero-order valence-corrected chi connectivity index (χ0v) is 11.7. The molecule has 0 aliphatic carbocycles. The normalized spacial score (nSPS) is 11.3. The fraction of sp³-hybridized carbons (Fsp3) is 0.0714. The maximum atomic E-state index is 12.2. The highest BCUT2D eigenvalue weighted by Gasteiger charge is 2.27. The number of hydrogen-bond donors (Lipinski definition) is 0. The third-order valence-corrected chi connectivity index (χ3v) is 4.56. The molecule has 0 fully saturated rings. The second-order valence-corrected chi connectivity index (χ2v) is 6.34. The van der Waals surface area contributed by atoms with Crippen molar-refractivity contribution < 1.29 is 13.2 Å². The Bertz CT molecular complexity index is 722. The molecule has 3 nitrogen and oxygen atoms in total. The molecule has 0 amide bonds. The first-order chi connectivity index (χ1) is 8.93. The smallest absolute Gasteiger partial charge is 0.276 e. The molecule has 0 unspecified atom stereocenters. The van der Waals surface area contributed by atoms with Gasteiger partial charge < -0.3 is 0 Å². The van der Waals surface area contributed by atoms with Crippen molar-refractivity contribution in [3.05, 3.63) is 64.7 Å². The van der Waals surface area contributed by atoms with Crippen molar-refractivity contribution in [3.8, 4) is 0 Å². The molecule has 0 atom stereocenters. The highest BCUT2D eigenvalue weighted by atomic mass is 35.5. The molecule has 19 heavy (non-hydrogen) atoms. The van der Waals surface area contributed by atoms with Gasteiger partial charge in [0.15, 0.2) is 0 Å². The molecule has 0 aliphatic heterocycles. The van der Waals surface area contributed by atoms with E-state index in [2.05, 4.69) is 0 Å². The number of halogens is 1. The average Bonchev–Trinajstić information content (AvgIpc) is 2.39. The van der Waals surface area contributed by atoms with Crippen LogP contribution in [0.25, 0.3) is 0 Å². The summed E-state index contributed by atoms with van der Waals surface area (Å²) in [5, 5.41) is -0.840. The van der Waals surface area contributed by atoms with E-state index < -0.39 is 15.0 Å². The molecule has 0 heterocycles. The molecule has 2 aromatic rings. The van der Waals surface area contributed by atoms with Crippen molar-refractivity contribution in [2.24, 2.45) is 0 Å². The summed E-state index contributed by atoms with van der Waals surface area (Å²) < 4.78 is 24.3. The second kappa shape index (κ2) is 5.15. The molecule has 2 rings (SSSR count). The molecule has 0 spiro atoms. The maximum absolute atomic E-state index is 12.2. The van der Waals surface area contributed by atoms with E-state index in [0.29, 0.717) is 0 Å². The predicted molar refractivity (Wildman–Crippen MR) is 74.1 cm³/mol. The average molecular weight is 295 g/mol. The molecule has 0 saturated carbocycles. The minimum Gasteiger partial charge on any atom is -0.276 e. The largest absolute Gasteiger partial charge is 0.282 e. The van der Waals surface area contributed by atoms with Gasteiger partial charge in [-0.25, -0.2) is 8.42 Å². The molecule has 98 valence electrons. The maximum Gasteiger partial charge on any atom is 0.282 e. The summed E-state index contributed by atoms with van der Waals surface area (Å²) in [5.41, 5.74) is 0.856. The third-order valence-electron chi connectivity index (χ3n) is 2.64. The topological polar surface area (TPSA) is 51.2 Å². The quantitative estimate of drug-likeness (QED) is 0.854. The van der Waals surface area contributed by atoms with Gasteiger partial charge in [-0.2, -0.15) is 0 Å². The van der Waals surface area contributed by atoms with Gasteiger partial charge in [-0.05, 0) is 36.8 Å². The molecule has 0 aromatic heterocycles. The van der Waals surface area contributed by atoms with Crippen molar-refractivity contribution in [3.63, 3.8) is 0 Å². The molecule has 0 N–H and O–H groups in total.